The van der Waals surface area contributed by atoms with Crippen molar-refractivity contribution in [2.75, 3.05) is 33.3 Å². The van der Waals surface area contributed by atoms with Gasteiger partial charge in [-0.25, -0.2) is 0 Å². The Bertz CT molecular complexity index is 833. The van der Waals surface area contributed by atoms with Crippen molar-refractivity contribution in [3.8, 4) is 11.5 Å². The Morgan fingerprint density at radius 2 is 1.61 bits per heavy atom. The second kappa shape index (κ2) is 9.10. The molecule has 1 fully saturated rings. The van der Waals surface area contributed by atoms with Crippen LogP contribution in [-0.2, 0) is 4.79 Å². The van der Waals surface area contributed by atoms with Crippen molar-refractivity contribution in [3.63, 3.8) is 0 Å². The highest BCUT2D eigenvalue weighted by Gasteiger charge is 2.28. The summed E-state index contributed by atoms with van der Waals surface area (Å²) in [4.78, 5) is 28.9. The third-order valence-electron chi connectivity index (χ3n) is 4.67. The molecule has 1 heterocycles. The molecule has 3 rings (SSSR count). The topological polar surface area (TPSA) is 59.1 Å². The summed E-state index contributed by atoms with van der Waals surface area (Å²) in [6.07, 6.45) is -0.582. The molecule has 1 aliphatic rings. The number of hydrogen-bond donors (Lipinski definition) is 0. The second-order valence-electron chi connectivity index (χ2n) is 6.56. The van der Waals surface area contributed by atoms with Crippen LogP contribution in [0.25, 0.3) is 0 Å². The third kappa shape index (κ3) is 4.84. The molecule has 1 saturated heterocycles. The molecule has 0 N–H and O–H groups in total. The van der Waals surface area contributed by atoms with Gasteiger partial charge in [0.25, 0.3) is 11.8 Å². The third-order valence-corrected chi connectivity index (χ3v) is 5.20. The molecule has 0 aromatic heterocycles. The van der Waals surface area contributed by atoms with E-state index in [9.17, 15) is 9.59 Å². The van der Waals surface area contributed by atoms with Gasteiger partial charge >= 0.3 is 0 Å². The summed E-state index contributed by atoms with van der Waals surface area (Å²) in [6.45, 7) is 3.71. The number of amides is 2. The highest BCUT2D eigenvalue weighted by Crippen LogP contribution is 2.19. The largest absolute Gasteiger partial charge is 0.497 e. The highest BCUT2D eigenvalue weighted by atomic mass is 79.9. The van der Waals surface area contributed by atoms with Crippen molar-refractivity contribution in [1.82, 2.24) is 9.80 Å². The summed E-state index contributed by atoms with van der Waals surface area (Å²) in [5.74, 6) is 1.18. The van der Waals surface area contributed by atoms with E-state index in [0.29, 0.717) is 43.2 Å². The average molecular weight is 447 g/mol. The summed E-state index contributed by atoms with van der Waals surface area (Å²) in [7, 11) is 1.57. The average Bonchev–Trinajstić information content (AvgIpc) is 2.74. The first-order valence-corrected chi connectivity index (χ1v) is 9.91. The molecule has 0 spiro atoms. The van der Waals surface area contributed by atoms with Gasteiger partial charge in [-0.2, -0.15) is 0 Å². The van der Waals surface area contributed by atoms with Crippen LogP contribution < -0.4 is 9.47 Å². The van der Waals surface area contributed by atoms with Gasteiger partial charge in [-0.3, -0.25) is 9.59 Å². The first kappa shape index (κ1) is 20.2. The Hall–Kier alpha value is -2.54. The highest BCUT2D eigenvalue weighted by molar-refractivity contribution is 9.10. The minimum Gasteiger partial charge on any atom is -0.497 e. The first-order chi connectivity index (χ1) is 13.5. The van der Waals surface area contributed by atoms with E-state index in [1.54, 1.807) is 48.1 Å². The number of carbonyl (C=O) groups excluding carboxylic acids is 2. The van der Waals surface area contributed by atoms with E-state index >= 15 is 0 Å². The molecule has 1 aliphatic heterocycles. The van der Waals surface area contributed by atoms with E-state index in [1.165, 1.54) is 0 Å². The fourth-order valence-corrected chi connectivity index (χ4v) is 3.36. The van der Waals surface area contributed by atoms with Gasteiger partial charge in [0.1, 0.15) is 11.5 Å². The normalized spacial score (nSPS) is 15.1. The Labute approximate surface area is 173 Å². The molecule has 2 aromatic rings. The Kier molecular flexibility index (Phi) is 6.57. The maximum absolute atomic E-state index is 12.7. The molecule has 2 aromatic carbocycles. The van der Waals surface area contributed by atoms with Gasteiger partial charge in [0.15, 0.2) is 6.10 Å². The van der Waals surface area contributed by atoms with E-state index in [-0.39, 0.29) is 11.8 Å². The number of hydrogen-bond acceptors (Lipinski definition) is 4. The van der Waals surface area contributed by atoms with Crippen molar-refractivity contribution in [2.24, 2.45) is 0 Å². The van der Waals surface area contributed by atoms with Gasteiger partial charge in [-0.05, 0) is 49.4 Å². The molecule has 7 heteroatoms. The molecule has 2 amide bonds. The molecule has 0 radical (unpaired) electrons. The van der Waals surface area contributed by atoms with Crippen LogP contribution in [0.2, 0.25) is 0 Å². The van der Waals surface area contributed by atoms with Crippen molar-refractivity contribution < 1.29 is 19.1 Å². The standard InChI is InChI=1S/C21H23BrN2O4/c1-15(28-18-8-6-17(22)7-9-18)20(25)23-10-12-24(13-11-23)21(26)16-4-3-5-19(14-16)27-2/h3-9,14-15H,10-13H2,1-2H3. The molecule has 1 atom stereocenters. The molecule has 0 saturated carbocycles. The van der Waals surface area contributed by atoms with Gasteiger partial charge in [0.2, 0.25) is 0 Å². The van der Waals surface area contributed by atoms with Crippen LogP contribution in [0.4, 0.5) is 0 Å². The Morgan fingerprint density at radius 3 is 2.25 bits per heavy atom. The summed E-state index contributed by atoms with van der Waals surface area (Å²) < 4.78 is 11.9. The predicted molar refractivity (Wildman–Crippen MR) is 110 cm³/mol. The molecular weight excluding hydrogens is 424 g/mol. The fraction of sp³-hybridized carbons (Fsp3) is 0.333. The number of rotatable bonds is 5. The molecule has 28 heavy (non-hydrogen) atoms. The SMILES string of the molecule is COc1cccc(C(=O)N2CCN(C(=O)C(C)Oc3ccc(Br)cc3)CC2)c1. The number of nitrogens with zero attached hydrogens (tertiary/aromatic N) is 2. The van der Waals surface area contributed by atoms with E-state index in [0.717, 1.165) is 4.47 Å². The Balaban J connectivity index is 1.54. The summed E-state index contributed by atoms with van der Waals surface area (Å²) in [5.41, 5.74) is 0.589. The molecule has 0 bridgehead atoms. The van der Waals surface area contributed by atoms with E-state index in [2.05, 4.69) is 15.9 Å². The molecule has 1 unspecified atom stereocenters. The number of halogens is 1. The van der Waals surface area contributed by atoms with Crippen LogP contribution in [0.3, 0.4) is 0 Å². The van der Waals surface area contributed by atoms with Crippen molar-refractivity contribution in [3.05, 3.63) is 58.6 Å². The lowest BCUT2D eigenvalue weighted by Crippen LogP contribution is -2.53. The molecular formula is C21H23BrN2O4. The van der Waals surface area contributed by atoms with Crippen LogP contribution in [0.1, 0.15) is 17.3 Å². The van der Waals surface area contributed by atoms with Crippen LogP contribution in [-0.4, -0.2) is 61.0 Å². The smallest absolute Gasteiger partial charge is 0.263 e. The number of benzene rings is 2. The lowest BCUT2D eigenvalue weighted by Gasteiger charge is -2.36. The minimum absolute atomic E-state index is 0.0508. The quantitative estimate of drug-likeness (QED) is 0.707. The second-order valence-corrected chi connectivity index (χ2v) is 7.48. The number of ether oxygens (including phenoxy) is 2. The van der Waals surface area contributed by atoms with Crippen molar-refractivity contribution in [1.29, 1.82) is 0 Å². The lowest BCUT2D eigenvalue weighted by molar-refractivity contribution is -0.139. The van der Waals surface area contributed by atoms with Gasteiger partial charge in [-0.1, -0.05) is 22.0 Å². The first-order valence-electron chi connectivity index (χ1n) is 9.12. The zero-order valence-corrected chi connectivity index (χ0v) is 17.5. The fourth-order valence-electron chi connectivity index (χ4n) is 3.09. The zero-order valence-electron chi connectivity index (χ0n) is 15.9. The monoisotopic (exact) mass is 446 g/mol. The van der Waals surface area contributed by atoms with Crippen LogP contribution in [0.5, 0.6) is 11.5 Å². The van der Waals surface area contributed by atoms with Crippen LogP contribution in [0, 0.1) is 0 Å². The zero-order chi connectivity index (χ0) is 20.1. The predicted octanol–water partition coefficient (Wildman–Crippen LogP) is 3.21. The lowest BCUT2D eigenvalue weighted by atomic mass is 10.1. The molecule has 6 nitrogen and oxygen atoms in total. The van der Waals surface area contributed by atoms with Crippen molar-refractivity contribution in [2.45, 2.75) is 13.0 Å². The van der Waals surface area contributed by atoms with E-state index < -0.39 is 6.10 Å². The summed E-state index contributed by atoms with van der Waals surface area (Å²) >= 11 is 3.38. The summed E-state index contributed by atoms with van der Waals surface area (Å²) in [6, 6.07) is 14.5. The van der Waals surface area contributed by atoms with Gasteiger partial charge in [0.05, 0.1) is 7.11 Å². The van der Waals surface area contributed by atoms with Crippen LogP contribution >= 0.6 is 15.9 Å². The maximum Gasteiger partial charge on any atom is 0.263 e. The van der Waals surface area contributed by atoms with Gasteiger partial charge < -0.3 is 19.3 Å². The molecule has 0 aliphatic carbocycles. The Morgan fingerprint density at radius 1 is 0.964 bits per heavy atom. The summed E-state index contributed by atoms with van der Waals surface area (Å²) in [5, 5.41) is 0. The number of carbonyl (C=O) groups is 2. The van der Waals surface area contributed by atoms with Crippen LogP contribution in [0.15, 0.2) is 53.0 Å². The van der Waals surface area contributed by atoms with Gasteiger partial charge in [0, 0.05) is 36.2 Å². The maximum atomic E-state index is 12.7. The van der Waals surface area contributed by atoms with E-state index in [1.807, 2.05) is 24.3 Å². The van der Waals surface area contributed by atoms with E-state index in [4.69, 9.17) is 9.47 Å². The van der Waals surface area contributed by atoms with Gasteiger partial charge in [-0.15, -0.1) is 0 Å². The molecule has 148 valence electrons. The van der Waals surface area contributed by atoms with Crippen molar-refractivity contribution >= 4 is 27.7 Å². The number of piperazine rings is 1. The minimum atomic E-state index is -0.582. The number of methoxy groups -OCH3 is 1.